The molecule has 2 aromatic heterocycles. The van der Waals surface area contributed by atoms with Gasteiger partial charge in [0.1, 0.15) is 5.82 Å². The summed E-state index contributed by atoms with van der Waals surface area (Å²) in [7, 11) is 0. The standard InChI is InChI=1S/C19H11F2N3OS/c1-2-7-24-17-14(21)8-11(20)9-16(17)26-19(24)23-18(25)13-10-22-15-6-4-3-5-12(13)15/h1,3-6,8-10,22H,7H2. The fraction of sp³-hybridized carbons (Fsp3) is 0.0526. The lowest BCUT2D eigenvalue weighted by Gasteiger charge is -2.01. The number of thiazole rings is 1. The third kappa shape index (κ3) is 2.61. The van der Waals surface area contributed by atoms with Gasteiger partial charge in [0.2, 0.25) is 0 Å². The number of H-pyrrole nitrogens is 1. The van der Waals surface area contributed by atoms with Crippen LogP contribution >= 0.6 is 11.3 Å². The monoisotopic (exact) mass is 367 g/mol. The van der Waals surface area contributed by atoms with Gasteiger partial charge in [0.25, 0.3) is 5.91 Å². The Hall–Kier alpha value is -3.24. The fourth-order valence-electron chi connectivity index (χ4n) is 2.85. The molecule has 0 radical (unpaired) electrons. The van der Waals surface area contributed by atoms with E-state index in [1.807, 2.05) is 24.3 Å². The number of hydrogen-bond acceptors (Lipinski definition) is 2. The summed E-state index contributed by atoms with van der Waals surface area (Å²) in [6, 6.07) is 9.32. The lowest BCUT2D eigenvalue weighted by atomic mass is 10.2. The van der Waals surface area contributed by atoms with E-state index in [4.69, 9.17) is 6.42 Å². The average Bonchev–Trinajstić information content (AvgIpc) is 3.17. The zero-order valence-electron chi connectivity index (χ0n) is 13.3. The summed E-state index contributed by atoms with van der Waals surface area (Å²) in [5, 5.41) is 0.739. The molecule has 0 atom stereocenters. The SMILES string of the molecule is C#CCn1c(=NC(=O)c2c[nH]c3ccccc23)sc2cc(F)cc(F)c21. The van der Waals surface area contributed by atoms with Crippen molar-refractivity contribution >= 4 is 38.4 Å². The van der Waals surface area contributed by atoms with Gasteiger partial charge in [0.05, 0.1) is 22.3 Å². The number of terminal acetylenes is 1. The molecule has 2 heterocycles. The van der Waals surface area contributed by atoms with Crippen LogP contribution in [0.1, 0.15) is 10.4 Å². The van der Waals surface area contributed by atoms with Gasteiger partial charge in [-0.3, -0.25) is 4.79 Å². The third-order valence-corrected chi connectivity index (χ3v) is 4.99. The Bertz CT molecular complexity index is 1270. The van der Waals surface area contributed by atoms with Crippen LogP contribution in [0.2, 0.25) is 0 Å². The first-order valence-electron chi connectivity index (χ1n) is 7.65. The van der Waals surface area contributed by atoms with Gasteiger partial charge in [-0.05, 0) is 12.1 Å². The van der Waals surface area contributed by atoms with Crippen LogP contribution in [0.5, 0.6) is 0 Å². The molecule has 0 aliphatic carbocycles. The van der Waals surface area contributed by atoms with Gasteiger partial charge >= 0.3 is 0 Å². The van der Waals surface area contributed by atoms with E-state index in [0.29, 0.717) is 10.3 Å². The Morgan fingerprint density at radius 2 is 2.12 bits per heavy atom. The number of fused-ring (bicyclic) bond motifs is 2. The van der Waals surface area contributed by atoms with Crippen LogP contribution in [0.4, 0.5) is 8.78 Å². The molecular formula is C19H11F2N3OS. The average molecular weight is 367 g/mol. The third-order valence-electron chi connectivity index (χ3n) is 3.96. The molecule has 7 heteroatoms. The number of nitrogens with one attached hydrogen (secondary N) is 1. The van der Waals surface area contributed by atoms with Crippen LogP contribution in [0.3, 0.4) is 0 Å². The molecule has 4 nitrogen and oxygen atoms in total. The van der Waals surface area contributed by atoms with Crippen molar-refractivity contribution in [2.75, 3.05) is 0 Å². The minimum Gasteiger partial charge on any atom is -0.360 e. The van der Waals surface area contributed by atoms with E-state index in [0.717, 1.165) is 28.3 Å². The van der Waals surface area contributed by atoms with Gasteiger partial charge in [-0.2, -0.15) is 4.99 Å². The van der Waals surface area contributed by atoms with Gasteiger partial charge in [-0.1, -0.05) is 35.5 Å². The van der Waals surface area contributed by atoms with E-state index in [9.17, 15) is 13.6 Å². The predicted molar refractivity (Wildman–Crippen MR) is 96.8 cm³/mol. The molecule has 0 aliphatic heterocycles. The Morgan fingerprint density at radius 1 is 1.31 bits per heavy atom. The van der Waals surface area contributed by atoms with Crippen LogP contribution in [0.25, 0.3) is 21.1 Å². The van der Waals surface area contributed by atoms with Crippen molar-refractivity contribution in [1.29, 1.82) is 0 Å². The molecule has 26 heavy (non-hydrogen) atoms. The Kier molecular flexibility index (Phi) is 3.90. The molecule has 0 saturated heterocycles. The number of nitrogens with zero attached hydrogens (tertiary/aromatic N) is 2. The van der Waals surface area contributed by atoms with Crippen LogP contribution in [-0.4, -0.2) is 15.5 Å². The summed E-state index contributed by atoms with van der Waals surface area (Å²) in [6.45, 7) is 0.0164. The Labute approximate surface area is 150 Å². The maximum atomic E-state index is 14.2. The Morgan fingerprint density at radius 3 is 2.92 bits per heavy atom. The number of aromatic amines is 1. The molecule has 0 spiro atoms. The quantitative estimate of drug-likeness (QED) is 0.538. The molecule has 0 bridgehead atoms. The highest BCUT2D eigenvalue weighted by Gasteiger charge is 2.15. The van der Waals surface area contributed by atoms with Crippen LogP contribution in [0, 0.1) is 24.0 Å². The minimum atomic E-state index is -0.743. The zero-order valence-corrected chi connectivity index (χ0v) is 14.1. The number of carbonyl (C=O) groups is 1. The number of hydrogen-bond donors (Lipinski definition) is 1. The number of halogens is 2. The van der Waals surface area contributed by atoms with E-state index < -0.39 is 17.5 Å². The second-order valence-corrected chi connectivity index (χ2v) is 6.58. The first-order valence-corrected chi connectivity index (χ1v) is 8.47. The molecular weight excluding hydrogens is 356 g/mol. The van der Waals surface area contributed by atoms with Crippen molar-refractivity contribution in [2.24, 2.45) is 4.99 Å². The van der Waals surface area contributed by atoms with Gasteiger partial charge < -0.3 is 9.55 Å². The van der Waals surface area contributed by atoms with E-state index >= 15 is 0 Å². The van der Waals surface area contributed by atoms with Crippen LogP contribution in [0.15, 0.2) is 47.6 Å². The predicted octanol–water partition coefficient (Wildman–Crippen LogP) is 3.84. The molecule has 4 aromatic rings. The van der Waals surface area contributed by atoms with Crippen molar-refractivity contribution in [1.82, 2.24) is 9.55 Å². The number of carbonyl (C=O) groups excluding carboxylic acids is 1. The normalized spacial score (nSPS) is 12.0. The van der Waals surface area contributed by atoms with Gasteiger partial charge in [-0.15, -0.1) is 6.42 Å². The smallest absolute Gasteiger partial charge is 0.281 e. The van der Waals surface area contributed by atoms with Crippen molar-refractivity contribution in [3.63, 3.8) is 0 Å². The summed E-state index contributed by atoms with van der Waals surface area (Å²) < 4.78 is 29.4. The van der Waals surface area contributed by atoms with Crippen LogP contribution in [-0.2, 0) is 6.54 Å². The summed E-state index contributed by atoms with van der Waals surface area (Å²) >= 11 is 1.01. The fourth-order valence-corrected chi connectivity index (χ4v) is 3.92. The second kappa shape index (κ2) is 6.24. The number of amides is 1. The molecule has 1 amide bonds. The van der Waals surface area contributed by atoms with Crippen molar-refractivity contribution in [3.05, 3.63) is 64.6 Å². The van der Waals surface area contributed by atoms with Gasteiger partial charge in [-0.25, -0.2) is 8.78 Å². The van der Waals surface area contributed by atoms with E-state index in [2.05, 4.69) is 15.9 Å². The summed E-state index contributed by atoms with van der Waals surface area (Å²) in [5.41, 5.74) is 1.35. The maximum absolute atomic E-state index is 14.2. The number of rotatable bonds is 2. The molecule has 2 aromatic carbocycles. The molecule has 0 unspecified atom stereocenters. The zero-order chi connectivity index (χ0) is 18.3. The van der Waals surface area contributed by atoms with Gasteiger partial charge in [0.15, 0.2) is 10.6 Å². The molecule has 0 saturated carbocycles. The second-order valence-electron chi connectivity index (χ2n) is 5.57. The molecule has 4 rings (SSSR count). The van der Waals surface area contributed by atoms with Gasteiger partial charge in [0, 0.05) is 23.2 Å². The highest BCUT2D eigenvalue weighted by atomic mass is 32.1. The van der Waals surface area contributed by atoms with E-state index in [-0.39, 0.29) is 16.9 Å². The minimum absolute atomic E-state index is 0.0164. The van der Waals surface area contributed by atoms with Crippen molar-refractivity contribution in [2.45, 2.75) is 6.54 Å². The topological polar surface area (TPSA) is 50.1 Å². The number of para-hydroxylation sites is 1. The van der Waals surface area contributed by atoms with E-state index in [1.165, 1.54) is 10.6 Å². The molecule has 128 valence electrons. The van der Waals surface area contributed by atoms with Crippen molar-refractivity contribution < 1.29 is 13.6 Å². The first-order chi connectivity index (χ1) is 12.6. The van der Waals surface area contributed by atoms with Crippen LogP contribution < -0.4 is 4.80 Å². The largest absolute Gasteiger partial charge is 0.360 e. The molecule has 0 aliphatic rings. The van der Waals surface area contributed by atoms with Crippen molar-refractivity contribution in [3.8, 4) is 12.3 Å². The first kappa shape index (κ1) is 16.2. The highest BCUT2D eigenvalue weighted by molar-refractivity contribution is 7.16. The van der Waals surface area contributed by atoms with E-state index in [1.54, 1.807) is 6.20 Å². The molecule has 0 fully saturated rings. The lowest BCUT2D eigenvalue weighted by Crippen LogP contribution is -2.17. The number of benzene rings is 2. The summed E-state index contributed by atoms with van der Waals surface area (Å²) in [5.74, 6) is 0.490. The number of aromatic nitrogens is 2. The summed E-state index contributed by atoms with van der Waals surface area (Å²) in [6.07, 6.45) is 6.94. The summed E-state index contributed by atoms with van der Waals surface area (Å²) in [4.78, 5) is 20.0. The molecule has 1 N–H and O–H groups in total. The Balaban J connectivity index is 1.93. The lowest BCUT2D eigenvalue weighted by molar-refractivity contribution is 0.0999. The highest BCUT2D eigenvalue weighted by Crippen LogP contribution is 2.23. The maximum Gasteiger partial charge on any atom is 0.281 e.